The third-order valence-electron chi connectivity index (χ3n) is 4.73. The molecule has 2 heterocycles. The Balaban J connectivity index is 2.31. The van der Waals surface area contributed by atoms with E-state index in [2.05, 4.69) is 0 Å². The molecule has 0 spiro atoms. The van der Waals surface area contributed by atoms with Crippen LogP contribution in [0.2, 0.25) is 0 Å². The van der Waals surface area contributed by atoms with Gasteiger partial charge < -0.3 is 13.9 Å². The van der Waals surface area contributed by atoms with Gasteiger partial charge in [-0.15, -0.1) is 0 Å². The van der Waals surface area contributed by atoms with Crippen LogP contribution in [0.3, 0.4) is 0 Å². The first kappa shape index (κ1) is 17.7. The summed E-state index contributed by atoms with van der Waals surface area (Å²) in [5.41, 5.74) is -0.327. The molecule has 0 aliphatic carbocycles. The molecule has 2 aromatic rings. The summed E-state index contributed by atoms with van der Waals surface area (Å²) in [7, 11) is 0. The fraction of sp³-hybridized carbons (Fsp3) is 0.500. The van der Waals surface area contributed by atoms with Gasteiger partial charge in [0.1, 0.15) is 17.1 Å². The summed E-state index contributed by atoms with van der Waals surface area (Å²) >= 11 is 0. The largest absolute Gasteiger partial charge is 0.463 e. The molecule has 2 atom stereocenters. The number of aryl methyl sites for hydroxylation is 1. The number of ketones is 1. The van der Waals surface area contributed by atoms with E-state index in [1.54, 1.807) is 13.0 Å². The SMILES string of the molecule is CC(=O)[C@]1(C)C[C@H](OC(C)(C)C)Oc2c1c(=O)oc1cccc(C)c21. The van der Waals surface area contributed by atoms with Crippen molar-refractivity contribution in [1.82, 2.24) is 0 Å². The van der Waals surface area contributed by atoms with Crippen molar-refractivity contribution in [2.75, 3.05) is 0 Å². The summed E-state index contributed by atoms with van der Waals surface area (Å²) in [5.74, 6) is 0.294. The number of Topliss-reactive ketones (excluding diaryl/α,β-unsaturated/α-hetero) is 1. The van der Waals surface area contributed by atoms with Crippen LogP contribution in [0, 0.1) is 6.92 Å². The lowest BCUT2D eigenvalue weighted by molar-refractivity contribution is -0.170. The number of benzene rings is 1. The monoisotopic (exact) mass is 344 g/mol. The van der Waals surface area contributed by atoms with Crippen molar-refractivity contribution in [1.29, 1.82) is 0 Å². The third kappa shape index (κ3) is 2.97. The Labute approximate surface area is 146 Å². The van der Waals surface area contributed by atoms with E-state index in [1.165, 1.54) is 6.92 Å². The maximum Gasteiger partial charge on any atom is 0.344 e. The standard InChI is InChI=1S/C20H24O5/c1-11-8-7-9-13-15(11)17-16(18(22)23-13)20(6,12(2)21)10-14(24-17)25-19(3,4)5/h7-9,14H,10H2,1-6H3/t14-,20-/m0/s1. The van der Waals surface area contributed by atoms with E-state index >= 15 is 0 Å². The molecule has 0 saturated heterocycles. The van der Waals surface area contributed by atoms with Crippen molar-refractivity contribution in [3.63, 3.8) is 0 Å². The van der Waals surface area contributed by atoms with E-state index in [0.29, 0.717) is 16.7 Å². The lowest BCUT2D eigenvalue weighted by atomic mass is 9.74. The predicted octanol–water partition coefficient (Wildman–Crippen LogP) is 3.87. The Morgan fingerprint density at radius 2 is 2.00 bits per heavy atom. The highest BCUT2D eigenvalue weighted by atomic mass is 16.7. The molecule has 5 nitrogen and oxygen atoms in total. The fourth-order valence-electron chi connectivity index (χ4n) is 3.37. The Morgan fingerprint density at radius 1 is 1.32 bits per heavy atom. The lowest BCUT2D eigenvalue weighted by Crippen LogP contribution is -2.47. The summed E-state index contributed by atoms with van der Waals surface area (Å²) in [6.45, 7) is 11.0. The van der Waals surface area contributed by atoms with Crippen LogP contribution < -0.4 is 10.4 Å². The van der Waals surface area contributed by atoms with E-state index < -0.39 is 22.9 Å². The zero-order chi connectivity index (χ0) is 18.6. The highest BCUT2D eigenvalue weighted by molar-refractivity contribution is 5.94. The molecule has 3 rings (SSSR count). The highest BCUT2D eigenvalue weighted by Gasteiger charge is 2.46. The molecule has 134 valence electrons. The molecule has 1 aromatic heterocycles. The molecule has 0 bridgehead atoms. The Bertz CT molecular complexity index is 903. The van der Waals surface area contributed by atoms with Crippen molar-refractivity contribution in [3.05, 3.63) is 39.7 Å². The first-order valence-corrected chi connectivity index (χ1v) is 8.45. The normalized spacial score (nSPS) is 23.2. The molecular weight excluding hydrogens is 320 g/mol. The zero-order valence-electron chi connectivity index (χ0n) is 15.6. The van der Waals surface area contributed by atoms with Gasteiger partial charge in [-0.3, -0.25) is 4.79 Å². The smallest absolute Gasteiger partial charge is 0.344 e. The summed E-state index contributed by atoms with van der Waals surface area (Å²) in [5, 5.41) is 0.715. The molecular formula is C20H24O5. The van der Waals surface area contributed by atoms with Crippen LogP contribution in [0.15, 0.2) is 27.4 Å². The first-order valence-electron chi connectivity index (χ1n) is 8.45. The van der Waals surface area contributed by atoms with Gasteiger partial charge in [0.05, 0.1) is 22.0 Å². The number of carbonyl (C=O) groups is 1. The van der Waals surface area contributed by atoms with Crippen LogP contribution in [0.5, 0.6) is 5.75 Å². The van der Waals surface area contributed by atoms with Crippen molar-refractivity contribution < 1.29 is 18.7 Å². The van der Waals surface area contributed by atoms with Crippen LogP contribution in [-0.4, -0.2) is 17.7 Å². The number of carbonyl (C=O) groups excluding carboxylic acids is 1. The fourth-order valence-corrected chi connectivity index (χ4v) is 3.37. The second kappa shape index (κ2) is 5.70. The number of rotatable bonds is 2. The average molecular weight is 344 g/mol. The molecule has 1 aliphatic rings. The van der Waals surface area contributed by atoms with Crippen LogP contribution >= 0.6 is 0 Å². The Morgan fingerprint density at radius 3 is 2.60 bits per heavy atom. The van der Waals surface area contributed by atoms with Crippen molar-refractivity contribution >= 4 is 16.8 Å². The molecule has 0 amide bonds. The maximum absolute atomic E-state index is 12.7. The number of ether oxygens (including phenoxy) is 2. The molecule has 0 saturated carbocycles. The van der Waals surface area contributed by atoms with Crippen molar-refractivity contribution in [2.24, 2.45) is 0 Å². The summed E-state index contributed by atoms with van der Waals surface area (Å²) in [6.07, 6.45) is -0.347. The van der Waals surface area contributed by atoms with Gasteiger partial charge in [0.15, 0.2) is 0 Å². The van der Waals surface area contributed by atoms with Crippen LogP contribution in [-0.2, 0) is 14.9 Å². The van der Waals surface area contributed by atoms with Gasteiger partial charge in [-0.25, -0.2) is 4.79 Å². The van der Waals surface area contributed by atoms with Crippen LogP contribution in [0.1, 0.15) is 52.2 Å². The lowest BCUT2D eigenvalue weighted by Gasteiger charge is -2.39. The molecule has 0 radical (unpaired) electrons. The van der Waals surface area contributed by atoms with Gasteiger partial charge in [-0.05, 0) is 53.2 Å². The molecule has 1 aliphatic heterocycles. The van der Waals surface area contributed by atoms with Crippen molar-refractivity contribution in [2.45, 2.75) is 65.3 Å². The minimum Gasteiger partial charge on any atom is -0.463 e. The first-order chi connectivity index (χ1) is 11.5. The number of fused-ring (bicyclic) bond motifs is 3. The average Bonchev–Trinajstić information content (AvgIpc) is 2.44. The number of hydrogen-bond acceptors (Lipinski definition) is 5. The van der Waals surface area contributed by atoms with E-state index in [9.17, 15) is 9.59 Å². The summed E-state index contributed by atoms with van der Waals surface area (Å²) in [6, 6.07) is 5.47. The molecule has 1 aromatic carbocycles. The van der Waals surface area contributed by atoms with Crippen molar-refractivity contribution in [3.8, 4) is 5.75 Å². The Hall–Kier alpha value is -2.14. The zero-order valence-corrected chi connectivity index (χ0v) is 15.6. The van der Waals surface area contributed by atoms with Gasteiger partial charge in [0, 0.05) is 6.42 Å². The molecule has 0 N–H and O–H groups in total. The second-order valence-electron chi connectivity index (χ2n) is 7.91. The van der Waals surface area contributed by atoms with Gasteiger partial charge >= 0.3 is 5.63 Å². The molecule has 0 unspecified atom stereocenters. The maximum atomic E-state index is 12.7. The number of hydrogen-bond donors (Lipinski definition) is 0. The molecule has 0 fully saturated rings. The minimum absolute atomic E-state index is 0.111. The second-order valence-corrected chi connectivity index (χ2v) is 7.91. The van der Waals surface area contributed by atoms with E-state index in [1.807, 2.05) is 39.8 Å². The third-order valence-corrected chi connectivity index (χ3v) is 4.73. The summed E-state index contributed by atoms with van der Waals surface area (Å²) < 4.78 is 17.6. The summed E-state index contributed by atoms with van der Waals surface area (Å²) in [4.78, 5) is 25.1. The molecule has 25 heavy (non-hydrogen) atoms. The highest BCUT2D eigenvalue weighted by Crippen LogP contribution is 2.45. The van der Waals surface area contributed by atoms with Gasteiger partial charge in [0.25, 0.3) is 0 Å². The topological polar surface area (TPSA) is 65.7 Å². The quantitative estimate of drug-likeness (QED) is 0.774. The van der Waals surface area contributed by atoms with E-state index in [4.69, 9.17) is 13.9 Å². The predicted molar refractivity (Wildman–Crippen MR) is 95.1 cm³/mol. The minimum atomic E-state index is -1.01. The Kier molecular flexibility index (Phi) is 4.03. The molecule has 5 heteroatoms. The van der Waals surface area contributed by atoms with Gasteiger partial charge in [-0.1, -0.05) is 12.1 Å². The van der Waals surface area contributed by atoms with Gasteiger partial charge in [-0.2, -0.15) is 0 Å². The van der Waals surface area contributed by atoms with Gasteiger partial charge in [0.2, 0.25) is 6.29 Å². The van der Waals surface area contributed by atoms with E-state index in [-0.39, 0.29) is 17.8 Å². The van der Waals surface area contributed by atoms with Crippen LogP contribution in [0.25, 0.3) is 11.0 Å². The van der Waals surface area contributed by atoms with E-state index in [0.717, 1.165) is 5.56 Å². The van der Waals surface area contributed by atoms with Crippen LogP contribution in [0.4, 0.5) is 0 Å².